The molecule has 1 aliphatic heterocycles. The lowest BCUT2D eigenvalue weighted by atomic mass is 10.1. The lowest BCUT2D eigenvalue weighted by Crippen LogP contribution is -2.29. The Kier molecular flexibility index (Phi) is 4.34. The summed E-state index contributed by atoms with van der Waals surface area (Å²) >= 11 is 1.68. The van der Waals surface area contributed by atoms with E-state index in [0.29, 0.717) is 11.8 Å². The summed E-state index contributed by atoms with van der Waals surface area (Å²) in [5.41, 5.74) is -0.129. The topological polar surface area (TPSA) is 51.0 Å². The summed E-state index contributed by atoms with van der Waals surface area (Å²) in [6.07, 6.45) is -0.543. The van der Waals surface area contributed by atoms with Crippen molar-refractivity contribution in [1.82, 2.24) is 15.2 Å². The minimum Gasteiger partial charge on any atom is -0.275 e. The Morgan fingerprint density at radius 1 is 1.26 bits per heavy atom. The van der Waals surface area contributed by atoms with Crippen molar-refractivity contribution in [2.45, 2.75) is 30.5 Å². The first-order valence-corrected chi connectivity index (χ1v) is 8.03. The van der Waals surface area contributed by atoms with Gasteiger partial charge in [-0.15, -0.1) is 22.0 Å². The second kappa shape index (κ2) is 6.27. The molecule has 4 nitrogen and oxygen atoms in total. The number of pyridine rings is 1. The molecule has 2 aromatic rings. The molecule has 0 N–H and O–H groups in total. The maximum absolute atomic E-state index is 12.7. The van der Waals surface area contributed by atoms with Crippen molar-refractivity contribution in [3.05, 3.63) is 46.5 Å². The van der Waals surface area contributed by atoms with E-state index in [4.69, 9.17) is 0 Å². The summed E-state index contributed by atoms with van der Waals surface area (Å²) in [7, 11) is 0. The molecule has 0 bridgehead atoms. The van der Waals surface area contributed by atoms with E-state index in [-0.39, 0.29) is 11.4 Å². The predicted molar refractivity (Wildman–Crippen MR) is 80.4 cm³/mol. The first kappa shape index (κ1) is 15.9. The lowest BCUT2D eigenvalue weighted by Gasteiger charge is -2.08. The van der Waals surface area contributed by atoms with Gasteiger partial charge in [0.05, 0.1) is 17.1 Å². The summed E-state index contributed by atoms with van der Waals surface area (Å²) < 4.78 is 38.0. The molecule has 0 radical (unpaired) electrons. The van der Waals surface area contributed by atoms with Crippen molar-refractivity contribution in [2.75, 3.05) is 5.75 Å². The molecule has 2 aromatic heterocycles. The molecule has 8 heteroatoms. The van der Waals surface area contributed by atoms with Crippen LogP contribution in [0.5, 0.6) is 0 Å². The molecule has 3 heterocycles. The summed E-state index contributed by atoms with van der Waals surface area (Å²) in [4.78, 5) is 9.74. The molecule has 120 valence electrons. The third kappa shape index (κ3) is 3.52. The Labute approximate surface area is 134 Å². The molecule has 0 aromatic carbocycles. The Morgan fingerprint density at radius 3 is 2.83 bits per heavy atom. The van der Waals surface area contributed by atoms with Gasteiger partial charge in [0.15, 0.2) is 5.69 Å². The monoisotopic (exact) mass is 338 g/mol. The average molecular weight is 338 g/mol. The fourth-order valence-corrected chi connectivity index (χ4v) is 3.10. The van der Waals surface area contributed by atoms with E-state index in [1.54, 1.807) is 24.0 Å². The van der Waals surface area contributed by atoms with E-state index < -0.39 is 11.9 Å². The molecule has 0 amide bonds. The number of hydrogen-bond donors (Lipinski definition) is 0. The van der Waals surface area contributed by atoms with Crippen molar-refractivity contribution in [3.63, 3.8) is 0 Å². The van der Waals surface area contributed by atoms with Gasteiger partial charge in [0.25, 0.3) is 0 Å². The molecule has 3 rings (SSSR count). The van der Waals surface area contributed by atoms with E-state index >= 15 is 0 Å². The predicted octanol–water partition coefficient (Wildman–Crippen LogP) is 2.03. The summed E-state index contributed by atoms with van der Waals surface area (Å²) in [6, 6.07) is 4.53. The van der Waals surface area contributed by atoms with E-state index in [2.05, 4.69) is 27.1 Å². The van der Waals surface area contributed by atoms with Crippen molar-refractivity contribution >= 4 is 17.8 Å². The van der Waals surface area contributed by atoms with Crippen LogP contribution in [0.2, 0.25) is 0 Å². The van der Waals surface area contributed by atoms with Crippen molar-refractivity contribution in [3.8, 4) is 0 Å². The third-order valence-corrected chi connectivity index (χ3v) is 4.27. The number of alkyl halides is 3. The van der Waals surface area contributed by atoms with Gasteiger partial charge in [-0.1, -0.05) is 6.92 Å². The lowest BCUT2D eigenvalue weighted by molar-refractivity contribution is -0.141. The highest BCUT2D eigenvalue weighted by molar-refractivity contribution is 7.99. The molecule has 0 saturated carbocycles. The van der Waals surface area contributed by atoms with Crippen LogP contribution in [0.3, 0.4) is 0 Å². The maximum Gasteiger partial charge on any atom is 0.435 e. The molecule has 0 spiro atoms. The number of thioether (sulfide) groups is 1. The molecular formula is C15H13F3N4S. The third-order valence-electron chi connectivity index (χ3n) is 3.30. The Hall–Kier alpha value is -1.96. The second-order valence-electron chi connectivity index (χ2n) is 4.95. The summed E-state index contributed by atoms with van der Waals surface area (Å²) in [6.45, 7) is 2.05. The normalized spacial score (nSPS) is 16.6. The fraction of sp³-hybridized carbons (Fsp3) is 0.333. The highest BCUT2D eigenvalue weighted by Crippen LogP contribution is 2.26. The van der Waals surface area contributed by atoms with Crippen molar-refractivity contribution in [1.29, 1.82) is 0 Å². The average Bonchev–Trinajstić information content (AvgIpc) is 2.90. The highest BCUT2D eigenvalue weighted by Gasteiger charge is 2.33. The number of nitrogens with zero attached hydrogens (tertiary/aromatic N) is 4. The highest BCUT2D eigenvalue weighted by atomic mass is 32.2. The zero-order valence-electron chi connectivity index (χ0n) is 12.2. The van der Waals surface area contributed by atoms with E-state index in [0.717, 1.165) is 22.4 Å². The van der Waals surface area contributed by atoms with E-state index in [9.17, 15) is 13.2 Å². The standard InChI is InChI=1S/C15H13F3N4S/c1-2-23-13-4-3-5-19-12(13)7-9-6-11-10(20-9)8-14(22-21-11)15(16,17)18/h3-6,8-9H,2,7H2,1H3. The molecule has 0 fully saturated rings. The second-order valence-corrected chi connectivity index (χ2v) is 6.25. The van der Waals surface area contributed by atoms with E-state index in [1.807, 2.05) is 12.1 Å². The van der Waals surface area contributed by atoms with Crippen LogP contribution in [0, 0.1) is 0 Å². The molecule has 1 atom stereocenters. The maximum atomic E-state index is 12.7. The van der Waals surface area contributed by atoms with Gasteiger partial charge in [0, 0.05) is 17.5 Å². The molecule has 1 aliphatic rings. The quantitative estimate of drug-likeness (QED) is 0.801. The zero-order chi connectivity index (χ0) is 16.4. The number of rotatable bonds is 4. The fourth-order valence-electron chi connectivity index (χ4n) is 2.32. The number of hydrogen-bond acceptors (Lipinski definition) is 5. The summed E-state index contributed by atoms with van der Waals surface area (Å²) in [5.74, 6) is 0.921. The Bertz CT molecular complexity index is 835. The molecule has 1 unspecified atom stereocenters. The van der Waals surface area contributed by atoms with Crippen LogP contribution in [0.4, 0.5) is 13.2 Å². The van der Waals surface area contributed by atoms with Crippen molar-refractivity contribution in [2.24, 2.45) is 4.99 Å². The smallest absolute Gasteiger partial charge is 0.275 e. The number of aromatic nitrogens is 3. The minimum absolute atomic E-state index is 0.234. The van der Waals surface area contributed by atoms with E-state index in [1.165, 1.54) is 0 Å². The van der Waals surface area contributed by atoms with Crippen LogP contribution in [-0.2, 0) is 12.6 Å². The number of fused-ring (bicyclic) bond motifs is 1. The number of halogens is 3. The van der Waals surface area contributed by atoms with Crippen LogP contribution in [-0.4, -0.2) is 27.0 Å². The summed E-state index contributed by atoms with van der Waals surface area (Å²) in [5, 5.41) is 7.48. The minimum atomic E-state index is -4.51. The first-order chi connectivity index (χ1) is 11.0. The van der Waals surface area contributed by atoms with Crippen LogP contribution in [0.25, 0.3) is 6.08 Å². The van der Waals surface area contributed by atoms with Crippen LogP contribution >= 0.6 is 11.8 Å². The van der Waals surface area contributed by atoms with Gasteiger partial charge in [-0.2, -0.15) is 13.2 Å². The van der Waals surface area contributed by atoms with Gasteiger partial charge in [0.2, 0.25) is 0 Å². The van der Waals surface area contributed by atoms with Crippen LogP contribution in [0.15, 0.2) is 34.3 Å². The van der Waals surface area contributed by atoms with Gasteiger partial charge in [-0.05, 0) is 30.0 Å². The molecular weight excluding hydrogens is 325 g/mol. The zero-order valence-corrected chi connectivity index (χ0v) is 13.0. The molecule has 23 heavy (non-hydrogen) atoms. The van der Waals surface area contributed by atoms with Gasteiger partial charge in [0.1, 0.15) is 5.35 Å². The first-order valence-electron chi connectivity index (χ1n) is 7.04. The Morgan fingerprint density at radius 2 is 2.09 bits per heavy atom. The molecule has 0 aliphatic carbocycles. The van der Waals surface area contributed by atoms with Crippen molar-refractivity contribution < 1.29 is 13.2 Å². The largest absolute Gasteiger partial charge is 0.435 e. The van der Waals surface area contributed by atoms with Gasteiger partial charge in [-0.25, -0.2) is 0 Å². The van der Waals surface area contributed by atoms with Gasteiger partial charge < -0.3 is 0 Å². The van der Waals surface area contributed by atoms with Gasteiger partial charge >= 0.3 is 6.18 Å². The molecule has 0 saturated heterocycles. The Balaban J connectivity index is 1.88. The van der Waals surface area contributed by atoms with Crippen LogP contribution < -0.4 is 10.7 Å². The SMILES string of the molecule is CCSc1cccnc1CC1C=c2nnc(C(F)(F)F)cc2=N1. The van der Waals surface area contributed by atoms with Gasteiger partial charge in [-0.3, -0.25) is 9.98 Å². The van der Waals surface area contributed by atoms with Crippen LogP contribution in [0.1, 0.15) is 18.3 Å².